The molecule has 6 nitrogen and oxygen atoms in total. The second-order valence-corrected chi connectivity index (χ2v) is 7.51. The van der Waals surface area contributed by atoms with Crippen LogP contribution in [0.5, 0.6) is 0 Å². The highest BCUT2D eigenvalue weighted by molar-refractivity contribution is 7.90. The SMILES string of the molecule is C=C(C)C(=O)OCOC1C2CC3C1NS(=O)(=O)C3C2. The zero-order chi connectivity index (χ0) is 13.8. The predicted molar refractivity (Wildman–Crippen MR) is 66.5 cm³/mol. The van der Waals surface area contributed by atoms with Gasteiger partial charge in [0.15, 0.2) is 6.79 Å². The third-order valence-electron chi connectivity index (χ3n) is 4.37. The van der Waals surface area contributed by atoms with Crippen LogP contribution in [0.3, 0.4) is 0 Å². The van der Waals surface area contributed by atoms with E-state index in [0.717, 1.165) is 6.42 Å². The zero-order valence-corrected chi connectivity index (χ0v) is 11.5. The molecule has 3 rings (SSSR count). The highest BCUT2D eigenvalue weighted by Crippen LogP contribution is 2.52. The van der Waals surface area contributed by atoms with E-state index >= 15 is 0 Å². The smallest absolute Gasteiger partial charge is 0.335 e. The molecule has 0 spiro atoms. The second kappa shape index (κ2) is 4.29. The topological polar surface area (TPSA) is 81.7 Å². The van der Waals surface area contributed by atoms with Gasteiger partial charge in [0.1, 0.15) is 0 Å². The normalized spacial score (nSPS) is 41.4. The molecule has 106 valence electrons. The van der Waals surface area contributed by atoms with Crippen LogP contribution in [0.4, 0.5) is 0 Å². The third kappa shape index (κ3) is 2.00. The van der Waals surface area contributed by atoms with E-state index in [1.807, 2.05) is 0 Å². The first-order chi connectivity index (χ1) is 8.90. The summed E-state index contributed by atoms with van der Waals surface area (Å²) < 4.78 is 36.8. The lowest BCUT2D eigenvalue weighted by Crippen LogP contribution is -2.40. The molecular weight excluding hydrogens is 270 g/mol. The van der Waals surface area contributed by atoms with Gasteiger partial charge in [0.05, 0.1) is 17.4 Å². The van der Waals surface area contributed by atoms with Gasteiger partial charge in [-0.05, 0) is 31.6 Å². The molecule has 0 aromatic carbocycles. The van der Waals surface area contributed by atoms with Gasteiger partial charge in [-0.3, -0.25) is 0 Å². The Kier molecular flexibility index (Phi) is 2.95. The molecule has 1 N–H and O–H groups in total. The minimum Gasteiger partial charge on any atom is -0.435 e. The lowest BCUT2D eigenvalue weighted by molar-refractivity contribution is -0.159. The summed E-state index contributed by atoms with van der Waals surface area (Å²) in [4.78, 5) is 11.2. The number of carbonyl (C=O) groups excluding carboxylic acids is 1. The van der Waals surface area contributed by atoms with E-state index in [9.17, 15) is 13.2 Å². The van der Waals surface area contributed by atoms with E-state index in [2.05, 4.69) is 11.3 Å². The number of hydrogen-bond donors (Lipinski definition) is 1. The quantitative estimate of drug-likeness (QED) is 0.452. The first kappa shape index (κ1) is 13.1. The van der Waals surface area contributed by atoms with Gasteiger partial charge in [-0.1, -0.05) is 6.58 Å². The van der Waals surface area contributed by atoms with Crippen LogP contribution in [0.25, 0.3) is 0 Å². The summed E-state index contributed by atoms with van der Waals surface area (Å²) in [6, 6.07) is -0.155. The van der Waals surface area contributed by atoms with Gasteiger partial charge in [-0.25, -0.2) is 17.9 Å². The molecule has 2 saturated carbocycles. The number of nitrogens with one attached hydrogen (secondary N) is 1. The molecule has 2 aliphatic carbocycles. The molecule has 3 aliphatic rings. The van der Waals surface area contributed by atoms with E-state index in [0.29, 0.717) is 12.0 Å². The predicted octanol–water partition coefficient (Wildman–Crippen LogP) is 0.158. The van der Waals surface area contributed by atoms with E-state index in [-0.39, 0.29) is 36.0 Å². The van der Waals surface area contributed by atoms with Crippen LogP contribution in [0.15, 0.2) is 12.2 Å². The van der Waals surface area contributed by atoms with E-state index < -0.39 is 16.0 Å². The Balaban J connectivity index is 1.60. The van der Waals surface area contributed by atoms with Crippen molar-refractivity contribution in [3.8, 4) is 0 Å². The van der Waals surface area contributed by atoms with Crippen LogP contribution in [0, 0.1) is 11.8 Å². The number of esters is 1. The Morgan fingerprint density at radius 1 is 1.42 bits per heavy atom. The molecule has 2 bridgehead atoms. The summed E-state index contributed by atoms with van der Waals surface area (Å²) in [5, 5.41) is -0.250. The monoisotopic (exact) mass is 287 g/mol. The fourth-order valence-corrected chi connectivity index (χ4v) is 5.68. The van der Waals surface area contributed by atoms with Gasteiger partial charge in [0.2, 0.25) is 10.0 Å². The van der Waals surface area contributed by atoms with Crippen LogP contribution in [-0.4, -0.2) is 38.6 Å². The molecule has 5 atom stereocenters. The number of sulfonamides is 1. The molecule has 1 heterocycles. The third-order valence-corrected chi connectivity index (χ3v) is 6.31. The van der Waals surface area contributed by atoms with Crippen molar-refractivity contribution in [2.45, 2.75) is 37.2 Å². The summed E-state index contributed by atoms with van der Waals surface area (Å²) >= 11 is 0. The molecular formula is C12H17NO5S. The molecule has 5 unspecified atom stereocenters. The Hall–Kier alpha value is -0.920. The van der Waals surface area contributed by atoms with Crippen LogP contribution >= 0.6 is 0 Å². The van der Waals surface area contributed by atoms with Crippen molar-refractivity contribution in [1.29, 1.82) is 0 Å². The Labute approximate surface area is 112 Å². The van der Waals surface area contributed by atoms with Crippen LogP contribution in [-0.2, 0) is 24.3 Å². The van der Waals surface area contributed by atoms with Gasteiger partial charge >= 0.3 is 5.97 Å². The van der Waals surface area contributed by atoms with Crippen molar-refractivity contribution in [3.05, 3.63) is 12.2 Å². The molecule has 3 fully saturated rings. The van der Waals surface area contributed by atoms with Crippen molar-refractivity contribution in [3.63, 3.8) is 0 Å². The van der Waals surface area contributed by atoms with E-state index in [4.69, 9.17) is 9.47 Å². The highest BCUT2D eigenvalue weighted by Gasteiger charge is 2.63. The Bertz CT molecular complexity index is 528. The van der Waals surface area contributed by atoms with Gasteiger partial charge in [-0.2, -0.15) is 0 Å². The van der Waals surface area contributed by atoms with Gasteiger partial charge in [0, 0.05) is 5.57 Å². The summed E-state index contributed by atoms with van der Waals surface area (Å²) in [6.07, 6.45) is 1.34. The number of carbonyl (C=O) groups is 1. The molecule has 1 aliphatic heterocycles. The van der Waals surface area contributed by atoms with Crippen molar-refractivity contribution >= 4 is 16.0 Å². The summed E-state index contributed by atoms with van der Waals surface area (Å²) in [5.41, 5.74) is 0.318. The Morgan fingerprint density at radius 2 is 2.16 bits per heavy atom. The molecule has 0 radical (unpaired) electrons. The minimum atomic E-state index is -3.17. The first-order valence-corrected chi connectivity index (χ1v) is 7.90. The maximum atomic E-state index is 11.8. The second-order valence-electron chi connectivity index (χ2n) is 5.58. The maximum Gasteiger partial charge on any atom is 0.335 e. The number of rotatable bonds is 4. The highest BCUT2D eigenvalue weighted by atomic mass is 32.2. The number of ether oxygens (including phenoxy) is 2. The van der Waals surface area contributed by atoms with Crippen molar-refractivity contribution < 1.29 is 22.7 Å². The van der Waals surface area contributed by atoms with Crippen molar-refractivity contribution in [2.75, 3.05) is 6.79 Å². The number of fused-ring (bicyclic) bond motifs is 1. The summed E-state index contributed by atoms with van der Waals surface area (Å²) in [7, 11) is -3.17. The minimum absolute atomic E-state index is 0.150. The van der Waals surface area contributed by atoms with Gasteiger partial charge in [-0.15, -0.1) is 0 Å². The van der Waals surface area contributed by atoms with E-state index in [1.165, 1.54) is 0 Å². The fourth-order valence-electron chi connectivity index (χ4n) is 3.57. The van der Waals surface area contributed by atoms with Gasteiger partial charge < -0.3 is 9.47 Å². The van der Waals surface area contributed by atoms with Crippen LogP contribution < -0.4 is 4.72 Å². The standard InChI is InChI=1S/C12H17NO5S/c1-6(2)12(14)18-5-17-11-7-3-8-9(4-7)19(15,16)13-10(8)11/h7-11,13H,1,3-5H2,2H3. The van der Waals surface area contributed by atoms with Crippen molar-refractivity contribution in [2.24, 2.45) is 11.8 Å². The average molecular weight is 287 g/mol. The fraction of sp³-hybridized carbons (Fsp3) is 0.750. The first-order valence-electron chi connectivity index (χ1n) is 6.35. The lowest BCUT2D eigenvalue weighted by atomic mass is 9.93. The van der Waals surface area contributed by atoms with Gasteiger partial charge in [0.25, 0.3) is 0 Å². The molecule has 0 aromatic rings. The van der Waals surface area contributed by atoms with Crippen LogP contribution in [0.1, 0.15) is 19.8 Å². The molecule has 7 heteroatoms. The number of hydrogen-bond acceptors (Lipinski definition) is 5. The largest absolute Gasteiger partial charge is 0.435 e. The van der Waals surface area contributed by atoms with Crippen molar-refractivity contribution in [1.82, 2.24) is 4.72 Å². The lowest BCUT2D eigenvalue weighted by Gasteiger charge is -2.25. The molecule has 0 amide bonds. The summed E-state index contributed by atoms with van der Waals surface area (Å²) in [6.45, 7) is 4.89. The Morgan fingerprint density at radius 3 is 2.84 bits per heavy atom. The summed E-state index contributed by atoms with van der Waals surface area (Å²) in [5.74, 6) is -0.0989. The zero-order valence-electron chi connectivity index (χ0n) is 10.7. The molecule has 0 aromatic heterocycles. The van der Waals surface area contributed by atoms with Crippen LogP contribution in [0.2, 0.25) is 0 Å². The maximum absolute atomic E-state index is 11.8. The van der Waals surface area contributed by atoms with E-state index in [1.54, 1.807) is 6.92 Å². The molecule has 19 heavy (non-hydrogen) atoms. The molecule has 1 saturated heterocycles. The average Bonchev–Trinajstić information content (AvgIpc) is 2.91.